The number of H-pyrrole nitrogens is 2. The Morgan fingerprint density at radius 2 is 1.96 bits per heavy atom. The number of ether oxygens (including phenoxy) is 1. The molecule has 2 aromatic heterocycles. The van der Waals surface area contributed by atoms with E-state index in [1.807, 2.05) is 12.3 Å². The molecule has 0 bridgehead atoms. The summed E-state index contributed by atoms with van der Waals surface area (Å²) in [4.78, 5) is 13.7. The summed E-state index contributed by atoms with van der Waals surface area (Å²) in [6.07, 6.45) is 1.92. The van der Waals surface area contributed by atoms with Gasteiger partial charge in [-0.25, -0.2) is 9.37 Å². The first-order valence-electron chi connectivity index (χ1n) is 8.82. The molecule has 5 nitrogen and oxygen atoms in total. The lowest BCUT2D eigenvalue weighted by molar-refractivity contribution is 0.0332. The number of nitrogens with zero attached hydrogens (tertiary/aromatic N) is 2. The monoisotopic (exact) mass is 350 g/mol. The summed E-state index contributed by atoms with van der Waals surface area (Å²) in [7, 11) is 0. The van der Waals surface area contributed by atoms with Gasteiger partial charge in [0.25, 0.3) is 0 Å². The highest BCUT2D eigenvalue weighted by Crippen LogP contribution is 2.30. The molecule has 0 spiro atoms. The number of rotatable bonds is 3. The molecule has 1 saturated heterocycles. The van der Waals surface area contributed by atoms with Crippen LogP contribution in [0.4, 0.5) is 4.39 Å². The minimum absolute atomic E-state index is 0.235. The van der Waals surface area contributed by atoms with Crippen molar-refractivity contribution < 1.29 is 9.13 Å². The van der Waals surface area contributed by atoms with E-state index in [1.165, 1.54) is 12.1 Å². The molecule has 5 rings (SSSR count). The smallest absolute Gasteiger partial charge is 0.125 e. The van der Waals surface area contributed by atoms with Gasteiger partial charge in [-0.05, 0) is 35.9 Å². The van der Waals surface area contributed by atoms with Crippen LogP contribution < -0.4 is 0 Å². The topological polar surface area (TPSA) is 56.9 Å². The van der Waals surface area contributed by atoms with E-state index >= 15 is 0 Å². The average Bonchev–Trinajstić information content (AvgIpc) is 3.24. The second-order valence-corrected chi connectivity index (χ2v) is 6.70. The Bertz CT molecular complexity index is 1080. The van der Waals surface area contributed by atoms with E-state index in [9.17, 15) is 4.39 Å². The Hall–Kier alpha value is -2.70. The zero-order chi connectivity index (χ0) is 17.5. The quantitative estimate of drug-likeness (QED) is 0.593. The summed E-state index contributed by atoms with van der Waals surface area (Å²) >= 11 is 0. The Labute approximate surface area is 149 Å². The number of halogens is 1. The van der Waals surface area contributed by atoms with Crippen LogP contribution in [-0.2, 0) is 11.3 Å². The largest absolute Gasteiger partial charge is 0.379 e. The number of imidazole rings is 1. The van der Waals surface area contributed by atoms with Gasteiger partial charge >= 0.3 is 0 Å². The maximum absolute atomic E-state index is 13.4. The molecule has 6 heteroatoms. The second kappa shape index (κ2) is 6.23. The maximum atomic E-state index is 13.4. The number of benzene rings is 2. The van der Waals surface area contributed by atoms with Gasteiger partial charge in [0.1, 0.15) is 11.6 Å². The molecule has 132 valence electrons. The molecule has 1 fully saturated rings. The Morgan fingerprint density at radius 1 is 1.08 bits per heavy atom. The van der Waals surface area contributed by atoms with Gasteiger partial charge < -0.3 is 14.7 Å². The molecule has 26 heavy (non-hydrogen) atoms. The summed E-state index contributed by atoms with van der Waals surface area (Å²) in [6.45, 7) is 4.25. The average molecular weight is 350 g/mol. The van der Waals surface area contributed by atoms with Gasteiger partial charge in [-0.1, -0.05) is 6.07 Å². The molecule has 1 aliphatic rings. The fourth-order valence-corrected chi connectivity index (χ4v) is 3.61. The third-order valence-corrected chi connectivity index (χ3v) is 4.96. The van der Waals surface area contributed by atoms with E-state index in [2.05, 4.69) is 33.1 Å². The van der Waals surface area contributed by atoms with Crippen LogP contribution >= 0.6 is 0 Å². The highest BCUT2D eigenvalue weighted by molar-refractivity contribution is 5.97. The zero-order valence-electron chi connectivity index (χ0n) is 14.3. The van der Waals surface area contributed by atoms with E-state index < -0.39 is 0 Å². The fraction of sp³-hybridized carbons (Fsp3) is 0.250. The van der Waals surface area contributed by atoms with Crippen molar-refractivity contribution in [1.82, 2.24) is 19.9 Å². The molecule has 1 aliphatic heterocycles. The standard InChI is InChI=1S/C20H19FN4O/c21-14-2-3-15-16(11-22-18(15)10-14)13-1-4-17-19(9-13)24-20(23-17)12-25-5-7-26-8-6-25/h1-4,9-11,22H,5-8,12H2,(H,23,24). The number of aromatic amines is 2. The molecule has 2 N–H and O–H groups in total. The van der Waals surface area contributed by atoms with Crippen LogP contribution in [0.3, 0.4) is 0 Å². The Morgan fingerprint density at radius 3 is 2.85 bits per heavy atom. The van der Waals surface area contributed by atoms with Gasteiger partial charge in [-0.2, -0.15) is 0 Å². The molecular formula is C20H19FN4O. The fourth-order valence-electron chi connectivity index (χ4n) is 3.61. The van der Waals surface area contributed by atoms with E-state index in [4.69, 9.17) is 9.72 Å². The number of aromatic nitrogens is 3. The highest BCUT2D eigenvalue weighted by Gasteiger charge is 2.14. The first-order valence-corrected chi connectivity index (χ1v) is 8.82. The number of hydrogen-bond acceptors (Lipinski definition) is 3. The first-order chi connectivity index (χ1) is 12.8. The molecule has 0 aliphatic carbocycles. The van der Waals surface area contributed by atoms with Crippen molar-refractivity contribution in [3.8, 4) is 11.1 Å². The molecule has 0 radical (unpaired) electrons. The zero-order valence-corrected chi connectivity index (χ0v) is 14.3. The number of fused-ring (bicyclic) bond motifs is 2. The number of nitrogens with one attached hydrogen (secondary N) is 2. The van der Waals surface area contributed by atoms with Crippen molar-refractivity contribution in [3.05, 3.63) is 54.2 Å². The summed E-state index contributed by atoms with van der Waals surface area (Å²) in [6, 6.07) is 11.0. The van der Waals surface area contributed by atoms with Crippen LogP contribution in [0.1, 0.15) is 5.82 Å². The molecular weight excluding hydrogens is 331 g/mol. The van der Waals surface area contributed by atoms with Gasteiger partial charge in [-0.3, -0.25) is 4.90 Å². The number of morpholine rings is 1. The SMILES string of the molecule is Fc1ccc2c(-c3ccc4[nH]c(CN5CCOCC5)nc4c3)c[nH]c2c1. The van der Waals surface area contributed by atoms with Gasteiger partial charge in [-0.15, -0.1) is 0 Å². The van der Waals surface area contributed by atoms with Gasteiger partial charge in [0.05, 0.1) is 30.8 Å². The van der Waals surface area contributed by atoms with Crippen LogP contribution in [-0.4, -0.2) is 46.2 Å². The van der Waals surface area contributed by atoms with E-state index in [1.54, 1.807) is 0 Å². The Kier molecular flexibility index (Phi) is 3.72. The Balaban J connectivity index is 1.49. The normalized spacial score (nSPS) is 15.9. The molecule has 0 saturated carbocycles. The van der Waals surface area contributed by atoms with Gasteiger partial charge in [0, 0.05) is 35.8 Å². The summed E-state index contributed by atoms with van der Waals surface area (Å²) in [5, 5.41) is 1.01. The van der Waals surface area contributed by atoms with Crippen LogP contribution in [0.25, 0.3) is 33.1 Å². The maximum Gasteiger partial charge on any atom is 0.125 e. The van der Waals surface area contributed by atoms with Crippen molar-refractivity contribution in [1.29, 1.82) is 0 Å². The van der Waals surface area contributed by atoms with Crippen molar-refractivity contribution in [2.24, 2.45) is 0 Å². The van der Waals surface area contributed by atoms with Crippen LogP contribution in [0.15, 0.2) is 42.6 Å². The van der Waals surface area contributed by atoms with E-state index in [-0.39, 0.29) is 5.82 Å². The van der Waals surface area contributed by atoms with Crippen molar-refractivity contribution >= 4 is 21.9 Å². The molecule has 0 amide bonds. The molecule has 4 aromatic rings. The lowest BCUT2D eigenvalue weighted by Gasteiger charge is -2.25. The van der Waals surface area contributed by atoms with Crippen LogP contribution in [0, 0.1) is 5.82 Å². The van der Waals surface area contributed by atoms with E-state index in [0.29, 0.717) is 0 Å². The van der Waals surface area contributed by atoms with Crippen molar-refractivity contribution in [3.63, 3.8) is 0 Å². The second-order valence-electron chi connectivity index (χ2n) is 6.70. The molecule has 0 atom stereocenters. The van der Waals surface area contributed by atoms with Crippen molar-refractivity contribution in [2.45, 2.75) is 6.54 Å². The molecule has 0 unspecified atom stereocenters. The predicted molar refractivity (Wildman–Crippen MR) is 99.4 cm³/mol. The lowest BCUT2D eigenvalue weighted by atomic mass is 10.0. The number of hydrogen-bond donors (Lipinski definition) is 2. The minimum atomic E-state index is -0.235. The summed E-state index contributed by atoms with van der Waals surface area (Å²) in [5.41, 5.74) is 4.90. The summed E-state index contributed by atoms with van der Waals surface area (Å²) in [5.74, 6) is 0.737. The van der Waals surface area contributed by atoms with Crippen molar-refractivity contribution in [2.75, 3.05) is 26.3 Å². The molecule has 3 heterocycles. The third kappa shape index (κ3) is 2.77. The summed E-state index contributed by atoms with van der Waals surface area (Å²) < 4.78 is 18.8. The molecule has 2 aromatic carbocycles. The third-order valence-electron chi connectivity index (χ3n) is 4.96. The van der Waals surface area contributed by atoms with E-state index in [0.717, 1.165) is 71.7 Å². The predicted octanol–water partition coefficient (Wildman–Crippen LogP) is 3.68. The highest BCUT2D eigenvalue weighted by atomic mass is 19.1. The van der Waals surface area contributed by atoms with Crippen LogP contribution in [0.5, 0.6) is 0 Å². The lowest BCUT2D eigenvalue weighted by Crippen LogP contribution is -2.35. The minimum Gasteiger partial charge on any atom is -0.379 e. The van der Waals surface area contributed by atoms with Gasteiger partial charge in [0.2, 0.25) is 0 Å². The van der Waals surface area contributed by atoms with Crippen LogP contribution in [0.2, 0.25) is 0 Å². The first kappa shape index (κ1) is 15.5. The van der Waals surface area contributed by atoms with Gasteiger partial charge in [0.15, 0.2) is 0 Å².